The molecule has 174 valence electrons. The smallest absolute Gasteiger partial charge is 0.237 e. The molecule has 0 saturated heterocycles. The zero-order valence-corrected chi connectivity index (χ0v) is 20.2. The minimum atomic E-state index is -0.930. The van der Waals surface area contributed by atoms with Gasteiger partial charge in [0, 0.05) is 30.1 Å². The zero-order valence-electron chi connectivity index (χ0n) is 19.4. The van der Waals surface area contributed by atoms with Gasteiger partial charge in [0.05, 0.1) is 25.3 Å². The van der Waals surface area contributed by atoms with E-state index in [4.69, 9.17) is 9.47 Å². The molecule has 0 aliphatic carbocycles. The van der Waals surface area contributed by atoms with Gasteiger partial charge in [-0.3, -0.25) is 9.69 Å². The van der Waals surface area contributed by atoms with E-state index in [2.05, 4.69) is 18.0 Å². The van der Waals surface area contributed by atoms with Crippen molar-refractivity contribution in [2.24, 2.45) is 0 Å². The van der Waals surface area contributed by atoms with E-state index in [0.717, 1.165) is 17.7 Å². The number of methoxy groups -OCH3 is 1. The average Bonchev–Trinajstić information content (AvgIpc) is 3.25. The van der Waals surface area contributed by atoms with Gasteiger partial charge in [-0.2, -0.15) is 0 Å². The number of carbonyl (C=O) groups excluding carboxylic acids is 1. The van der Waals surface area contributed by atoms with E-state index in [1.54, 1.807) is 38.4 Å². The summed E-state index contributed by atoms with van der Waals surface area (Å²) in [5.74, 6) is 1.47. The van der Waals surface area contributed by atoms with Crippen LogP contribution >= 0.6 is 11.3 Å². The highest BCUT2D eigenvalue weighted by molar-refractivity contribution is 7.10. The van der Waals surface area contributed by atoms with Gasteiger partial charge >= 0.3 is 0 Å². The van der Waals surface area contributed by atoms with Crippen LogP contribution in [0.4, 0.5) is 0 Å². The Kier molecular flexibility index (Phi) is 7.98. The molecule has 1 aliphatic rings. The molecule has 0 radical (unpaired) electrons. The molecule has 0 unspecified atom stereocenters. The maximum Gasteiger partial charge on any atom is 0.237 e. The second-order valence-electron chi connectivity index (χ2n) is 8.69. The standard InChI is InChI=1S/C25H34N2O4S/c1-6-12-26(18(2)25(3,4)29)16-24(28)27-13-10-23-21(11-14-32-23)22(27)17-31-20-9-7-8-19(15-20)30-5/h6-9,11,14-15,18,22,29H,1,10,12-13,16-17H2,2-5H3/t18-,22+/m1/s1. The zero-order chi connectivity index (χ0) is 23.3. The van der Waals surface area contributed by atoms with Crippen molar-refractivity contribution in [1.82, 2.24) is 9.80 Å². The number of fused-ring (bicyclic) bond motifs is 1. The van der Waals surface area contributed by atoms with E-state index in [0.29, 0.717) is 25.4 Å². The second-order valence-corrected chi connectivity index (χ2v) is 9.69. The van der Waals surface area contributed by atoms with Crippen LogP contribution in [0.5, 0.6) is 11.5 Å². The molecule has 2 aromatic rings. The van der Waals surface area contributed by atoms with Crippen LogP contribution in [0, 0.1) is 0 Å². The maximum atomic E-state index is 13.5. The highest BCUT2D eigenvalue weighted by Gasteiger charge is 2.35. The van der Waals surface area contributed by atoms with Crippen LogP contribution < -0.4 is 9.47 Å². The van der Waals surface area contributed by atoms with Crippen molar-refractivity contribution in [2.45, 2.75) is 44.9 Å². The van der Waals surface area contributed by atoms with Crippen molar-refractivity contribution in [3.8, 4) is 11.5 Å². The van der Waals surface area contributed by atoms with Crippen molar-refractivity contribution in [3.63, 3.8) is 0 Å². The van der Waals surface area contributed by atoms with Gasteiger partial charge < -0.3 is 19.5 Å². The van der Waals surface area contributed by atoms with Crippen LogP contribution in [0.3, 0.4) is 0 Å². The topological polar surface area (TPSA) is 62.2 Å². The Morgan fingerprint density at radius 1 is 1.41 bits per heavy atom. The Hall–Kier alpha value is -2.35. The van der Waals surface area contributed by atoms with E-state index in [-0.39, 0.29) is 24.5 Å². The lowest BCUT2D eigenvalue weighted by atomic mass is 9.98. The second kappa shape index (κ2) is 10.5. The molecule has 6 nitrogen and oxygen atoms in total. The van der Waals surface area contributed by atoms with Gasteiger partial charge in [-0.15, -0.1) is 17.9 Å². The van der Waals surface area contributed by atoms with E-state index >= 15 is 0 Å². The number of nitrogens with zero attached hydrogens (tertiary/aromatic N) is 2. The first-order chi connectivity index (χ1) is 15.2. The minimum absolute atomic E-state index is 0.0269. The summed E-state index contributed by atoms with van der Waals surface area (Å²) in [6.07, 6.45) is 2.61. The van der Waals surface area contributed by atoms with E-state index in [9.17, 15) is 9.90 Å². The number of hydrogen-bond acceptors (Lipinski definition) is 6. The third-order valence-corrected chi connectivity index (χ3v) is 7.13. The monoisotopic (exact) mass is 458 g/mol. The Morgan fingerprint density at radius 3 is 2.84 bits per heavy atom. The largest absolute Gasteiger partial charge is 0.497 e. The number of ether oxygens (including phenoxy) is 2. The Labute approximate surface area is 195 Å². The summed E-state index contributed by atoms with van der Waals surface area (Å²) in [5, 5.41) is 12.6. The average molecular weight is 459 g/mol. The number of hydrogen-bond donors (Lipinski definition) is 1. The Balaban J connectivity index is 1.78. The van der Waals surface area contributed by atoms with E-state index in [1.165, 1.54) is 4.88 Å². The fraction of sp³-hybridized carbons (Fsp3) is 0.480. The summed E-state index contributed by atoms with van der Waals surface area (Å²) < 4.78 is 11.4. The molecule has 1 N–H and O–H groups in total. The van der Waals surface area contributed by atoms with Gasteiger partial charge in [-0.25, -0.2) is 0 Å². The molecule has 1 aromatic carbocycles. The predicted octanol–water partition coefficient (Wildman–Crippen LogP) is 3.91. The van der Waals surface area contributed by atoms with Crippen molar-refractivity contribution in [1.29, 1.82) is 0 Å². The summed E-state index contributed by atoms with van der Waals surface area (Å²) >= 11 is 1.73. The van der Waals surface area contributed by atoms with Crippen LogP contribution in [0.2, 0.25) is 0 Å². The summed E-state index contributed by atoms with van der Waals surface area (Å²) in [4.78, 5) is 18.7. The number of amides is 1. The van der Waals surface area contributed by atoms with Gasteiger partial charge in [-0.05, 0) is 56.3 Å². The molecule has 0 spiro atoms. The fourth-order valence-electron chi connectivity index (χ4n) is 3.98. The van der Waals surface area contributed by atoms with Crippen LogP contribution in [-0.2, 0) is 11.2 Å². The SMILES string of the molecule is C=CCN(CC(=O)N1CCc2sccc2[C@@H]1COc1cccc(OC)c1)[C@H](C)C(C)(C)O. The maximum absolute atomic E-state index is 13.5. The summed E-state index contributed by atoms with van der Waals surface area (Å²) in [5.41, 5.74) is 0.226. The first kappa shape index (κ1) is 24.3. The molecule has 0 bridgehead atoms. The third-order valence-electron chi connectivity index (χ3n) is 6.14. The summed E-state index contributed by atoms with van der Waals surface area (Å²) in [7, 11) is 1.63. The van der Waals surface area contributed by atoms with Gasteiger partial charge in [-0.1, -0.05) is 12.1 Å². The fourth-order valence-corrected chi connectivity index (χ4v) is 4.91. The van der Waals surface area contributed by atoms with Crippen molar-refractivity contribution in [2.75, 3.05) is 33.4 Å². The molecule has 0 saturated carbocycles. The highest BCUT2D eigenvalue weighted by atomic mass is 32.1. The molecule has 2 heterocycles. The van der Waals surface area contributed by atoms with E-state index in [1.807, 2.05) is 41.0 Å². The summed E-state index contributed by atoms with van der Waals surface area (Å²) in [6.45, 7) is 11.0. The van der Waals surface area contributed by atoms with Crippen LogP contribution in [-0.4, -0.2) is 65.8 Å². The number of thiophene rings is 1. The van der Waals surface area contributed by atoms with Crippen LogP contribution in [0.1, 0.15) is 37.3 Å². The Morgan fingerprint density at radius 2 is 2.16 bits per heavy atom. The molecule has 3 rings (SSSR count). The highest BCUT2D eigenvalue weighted by Crippen LogP contribution is 2.34. The predicted molar refractivity (Wildman–Crippen MR) is 128 cm³/mol. The number of aliphatic hydroxyl groups is 1. The van der Waals surface area contributed by atoms with Crippen LogP contribution in [0.15, 0.2) is 48.4 Å². The van der Waals surface area contributed by atoms with Gasteiger partial charge in [0.25, 0.3) is 0 Å². The molecule has 7 heteroatoms. The molecule has 2 atom stereocenters. The number of rotatable bonds is 10. The van der Waals surface area contributed by atoms with Gasteiger partial charge in [0.15, 0.2) is 0 Å². The molecule has 1 aromatic heterocycles. The summed E-state index contributed by atoms with van der Waals surface area (Å²) in [6, 6.07) is 9.24. The van der Waals surface area contributed by atoms with Crippen molar-refractivity contribution >= 4 is 17.2 Å². The van der Waals surface area contributed by atoms with Gasteiger partial charge in [0.1, 0.15) is 18.1 Å². The van der Waals surface area contributed by atoms with Crippen molar-refractivity contribution in [3.05, 3.63) is 58.8 Å². The molecule has 32 heavy (non-hydrogen) atoms. The molecule has 1 amide bonds. The number of carbonyl (C=O) groups is 1. The quantitative estimate of drug-likeness (QED) is 0.547. The Bertz CT molecular complexity index is 921. The van der Waals surface area contributed by atoms with Gasteiger partial charge in [0.2, 0.25) is 5.91 Å². The lowest BCUT2D eigenvalue weighted by Crippen LogP contribution is -2.53. The minimum Gasteiger partial charge on any atom is -0.497 e. The third kappa shape index (κ3) is 5.71. The molecule has 0 fully saturated rings. The first-order valence-electron chi connectivity index (χ1n) is 10.9. The molecular weight excluding hydrogens is 424 g/mol. The van der Waals surface area contributed by atoms with Crippen LogP contribution in [0.25, 0.3) is 0 Å². The van der Waals surface area contributed by atoms with Crippen molar-refractivity contribution < 1.29 is 19.4 Å². The normalized spacial score (nSPS) is 17.1. The molecular formula is C25H34N2O4S. The van der Waals surface area contributed by atoms with E-state index < -0.39 is 5.60 Å². The lowest BCUT2D eigenvalue weighted by Gasteiger charge is -2.40. The molecule has 1 aliphatic heterocycles. The number of benzene rings is 1. The first-order valence-corrected chi connectivity index (χ1v) is 11.8. The lowest BCUT2D eigenvalue weighted by molar-refractivity contribution is -0.137.